The topological polar surface area (TPSA) is 40.6 Å². The van der Waals surface area contributed by atoms with Gasteiger partial charge in [0, 0.05) is 25.7 Å². The third-order valence-corrected chi connectivity index (χ3v) is 5.69. The summed E-state index contributed by atoms with van der Waals surface area (Å²) in [6.45, 7) is 3.84. The molecule has 19 heavy (non-hydrogen) atoms. The second-order valence-corrected chi connectivity index (χ2v) is 7.17. The first-order valence-electron chi connectivity index (χ1n) is 6.77. The van der Waals surface area contributed by atoms with Crippen LogP contribution in [-0.4, -0.2) is 50.1 Å². The second-order valence-electron chi connectivity index (χ2n) is 5.08. The molecule has 2 rings (SSSR count). The Bertz CT molecular complexity index is 501. The zero-order chi connectivity index (χ0) is 13.9. The molecule has 0 amide bonds. The van der Waals surface area contributed by atoms with Crippen molar-refractivity contribution in [1.82, 2.24) is 9.21 Å². The highest BCUT2D eigenvalue weighted by molar-refractivity contribution is 7.89. The Morgan fingerprint density at radius 2 is 1.89 bits per heavy atom. The lowest BCUT2D eigenvalue weighted by molar-refractivity contribution is 0.148. The third kappa shape index (κ3) is 3.35. The number of hydrogen-bond donors (Lipinski definition) is 0. The smallest absolute Gasteiger partial charge is 0.214 e. The molecule has 0 radical (unpaired) electrons. The van der Waals surface area contributed by atoms with Crippen molar-refractivity contribution in [1.29, 1.82) is 0 Å². The molecule has 1 atom stereocenters. The summed E-state index contributed by atoms with van der Waals surface area (Å²) in [4.78, 5) is 2.23. The van der Waals surface area contributed by atoms with Crippen LogP contribution in [0.5, 0.6) is 0 Å². The van der Waals surface area contributed by atoms with E-state index in [1.165, 1.54) is 5.56 Å². The van der Waals surface area contributed by atoms with Crippen molar-refractivity contribution < 1.29 is 8.42 Å². The highest BCUT2D eigenvalue weighted by atomic mass is 32.2. The van der Waals surface area contributed by atoms with E-state index in [0.717, 1.165) is 6.54 Å². The van der Waals surface area contributed by atoms with Crippen LogP contribution < -0.4 is 0 Å². The Hall–Kier alpha value is -0.910. The van der Waals surface area contributed by atoms with Gasteiger partial charge >= 0.3 is 0 Å². The van der Waals surface area contributed by atoms with Crippen LogP contribution in [0.15, 0.2) is 30.3 Å². The van der Waals surface area contributed by atoms with Gasteiger partial charge in [-0.2, -0.15) is 4.31 Å². The first-order valence-corrected chi connectivity index (χ1v) is 8.38. The van der Waals surface area contributed by atoms with Crippen LogP contribution >= 0.6 is 0 Å². The maximum absolute atomic E-state index is 12.2. The largest absolute Gasteiger partial charge is 0.297 e. The molecule has 1 aliphatic rings. The average molecular weight is 282 g/mol. The summed E-state index contributed by atoms with van der Waals surface area (Å²) in [5, 5.41) is 0. The number of piperazine rings is 1. The Labute approximate surface area is 116 Å². The minimum Gasteiger partial charge on any atom is -0.297 e. The quantitative estimate of drug-likeness (QED) is 0.844. The predicted octanol–water partition coefficient (Wildman–Crippen LogP) is 1.71. The summed E-state index contributed by atoms with van der Waals surface area (Å²) < 4.78 is 26.0. The molecule has 0 aromatic heterocycles. The molecule has 1 saturated heterocycles. The molecule has 1 heterocycles. The van der Waals surface area contributed by atoms with E-state index in [4.69, 9.17) is 0 Å². The standard InChI is InChI=1S/C14H22N2O2S/c1-3-11-19(17,18)16-10-9-15(2)14(12-16)13-7-5-4-6-8-13/h4-8,14H,3,9-12H2,1-2H3/t14-/m0/s1. The maximum Gasteiger partial charge on any atom is 0.214 e. The van der Waals surface area contributed by atoms with E-state index in [-0.39, 0.29) is 11.8 Å². The van der Waals surface area contributed by atoms with Gasteiger partial charge in [-0.25, -0.2) is 8.42 Å². The molecule has 0 aliphatic carbocycles. The summed E-state index contributed by atoms with van der Waals surface area (Å²) in [7, 11) is -1.03. The molecular formula is C14H22N2O2S. The molecule has 106 valence electrons. The Balaban J connectivity index is 2.17. The van der Waals surface area contributed by atoms with E-state index in [9.17, 15) is 8.42 Å². The number of rotatable bonds is 4. The highest BCUT2D eigenvalue weighted by Gasteiger charge is 2.31. The van der Waals surface area contributed by atoms with Gasteiger partial charge in [-0.15, -0.1) is 0 Å². The van der Waals surface area contributed by atoms with Gasteiger partial charge in [0.25, 0.3) is 0 Å². The zero-order valence-corrected chi connectivity index (χ0v) is 12.4. The lowest BCUT2D eigenvalue weighted by atomic mass is 10.0. The minimum absolute atomic E-state index is 0.154. The minimum atomic E-state index is -3.09. The van der Waals surface area contributed by atoms with Gasteiger partial charge in [0.2, 0.25) is 10.0 Å². The maximum atomic E-state index is 12.2. The number of benzene rings is 1. The van der Waals surface area contributed by atoms with Crippen LogP contribution in [0.25, 0.3) is 0 Å². The molecule has 0 spiro atoms. The van der Waals surface area contributed by atoms with Gasteiger partial charge in [-0.3, -0.25) is 4.90 Å². The fraction of sp³-hybridized carbons (Fsp3) is 0.571. The van der Waals surface area contributed by atoms with Crippen molar-refractivity contribution in [3.05, 3.63) is 35.9 Å². The van der Waals surface area contributed by atoms with Crippen LogP contribution in [0.3, 0.4) is 0 Å². The van der Waals surface area contributed by atoms with Crippen molar-refractivity contribution in [2.75, 3.05) is 32.4 Å². The van der Waals surface area contributed by atoms with Gasteiger partial charge < -0.3 is 0 Å². The fourth-order valence-corrected chi connectivity index (χ4v) is 4.03. The fourth-order valence-electron chi connectivity index (χ4n) is 2.52. The molecule has 1 aromatic rings. The molecule has 1 aromatic carbocycles. The van der Waals surface area contributed by atoms with Crippen LogP contribution in [0.2, 0.25) is 0 Å². The number of sulfonamides is 1. The van der Waals surface area contributed by atoms with E-state index >= 15 is 0 Å². The van der Waals surface area contributed by atoms with Crippen molar-refractivity contribution >= 4 is 10.0 Å². The molecule has 1 aliphatic heterocycles. The van der Waals surface area contributed by atoms with Crippen molar-refractivity contribution in [3.63, 3.8) is 0 Å². The van der Waals surface area contributed by atoms with Crippen molar-refractivity contribution in [3.8, 4) is 0 Å². The van der Waals surface area contributed by atoms with E-state index in [0.29, 0.717) is 19.5 Å². The van der Waals surface area contributed by atoms with Gasteiger partial charge in [0.1, 0.15) is 0 Å². The zero-order valence-electron chi connectivity index (χ0n) is 11.6. The van der Waals surface area contributed by atoms with Crippen LogP contribution in [0, 0.1) is 0 Å². The average Bonchev–Trinajstić information content (AvgIpc) is 2.40. The van der Waals surface area contributed by atoms with E-state index in [1.54, 1.807) is 4.31 Å². The van der Waals surface area contributed by atoms with Gasteiger partial charge in [0.05, 0.1) is 5.75 Å². The Morgan fingerprint density at radius 3 is 2.53 bits per heavy atom. The first kappa shape index (κ1) is 14.5. The van der Waals surface area contributed by atoms with E-state index < -0.39 is 10.0 Å². The molecule has 4 nitrogen and oxygen atoms in total. The third-order valence-electron chi connectivity index (χ3n) is 3.65. The van der Waals surface area contributed by atoms with E-state index in [1.807, 2.05) is 25.1 Å². The van der Waals surface area contributed by atoms with Gasteiger partial charge in [-0.05, 0) is 19.0 Å². The van der Waals surface area contributed by atoms with Gasteiger partial charge in [0.15, 0.2) is 0 Å². The molecule has 0 unspecified atom stereocenters. The Morgan fingerprint density at radius 1 is 1.21 bits per heavy atom. The number of likely N-dealkylation sites (N-methyl/N-ethyl adjacent to an activating group) is 1. The highest BCUT2D eigenvalue weighted by Crippen LogP contribution is 2.25. The molecule has 0 N–H and O–H groups in total. The predicted molar refractivity (Wildman–Crippen MR) is 77.5 cm³/mol. The summed E-state index contributed by atoms with van der Waals surface area (Å²) in [6.07, 6.45) is 0.671. The summed E-state index contributed by atoms with van der Waals surface area (Å²) in [6, 6.07) is 10.3. The van der Waals surface area contributed by atoms with Gasteiger partial charge in [-0.1, -0.05) is 37.3 Å². The van der Waals surface area contributed by atoms with E-state index in [2.05, 4.69) is 24.1 Å². The molecule has 1 fully saturated rings. The summed E-state index contributed by atoms with van der Waals surface area (Å²) in [5.74, 6) is 0.248. The monoisotopic (exact) mass is 282 g/mol. The summed E-state index contributed by atoms with van der Waals surface area (Å²) in [5.41, 5.74) is 1.18. The second kappa shape index (κ2) is 6.03. The lowest BCUT2D eigenvalue weighted by Gasteiger charge is -2.39. The molecule has 5 heteroatoms. The normalized spacial score (nSPS) is 22.5. The van der Waals surface area contributed by atoms with Crippen LogP contribution in [-0.2, 0) is 10.0 Å². The lowest BCUT2D eigenvalue weighted by Crippen LogP contribution is -2.49. The van der Waals surface area contributed by atoms with Crippen molar-refractivity contribution in [2.45, 2.75) is 19.4 Å². The number of nitrogens with zero attached hydrogens (tertiary/aromatic N) is 2. The number of hydrogen-bond acceptors (Lipinski definition) is 3. The Kier molecular flexibility index (Phi) is 4.60. The SMILES string of the molecule is CCCS(=O)(=O)N1CCN(C)[C@H](c2ccccc2)C1. The molecule has 0 bridgehead atoms. The molecule has 0 saturated carbocycles. The van der Waals surface area contributed by atoms with Crippen LogP contribution in [0.1, 0.15) is 24.9 Å². The van der Waals surface area contributed by atoms with Crippen molar-refractivity contribution in [2.24, 2.45) is 0 Å². The van der Waals surface area contributed by atoms with Crippen LogP contribution in [0.4, 0.5) is 0 Å². The summed E-state index contributed by atoms with van der Waals surface area (Å²) >= 11 is 0. The molecular weight excluding hydrogens is 260 g/mol. The first-order chi connectivity index (χ1) is 9.04.